The van der Waals surface area contributed by atoms with Crippen LogP contribution in [0, 0.1) is 5.82 Å². The second-order valence-corrected chi connectivity index (χ2v) is 4.01. The van der Waals surface area contributed by atoms with Crippen LogP contribution in [0.1, 0.15) is 24.1 Å². The molecule has 1 heterocycles. The third-order valence-corrected chi connectivity index (χ3v) is 2.76. The molecule has 0 aliphatic carbocycles. The van der Waals surface area contributed by atoms with Crippen molar-refractivity contribution in [2.24, 2.45) is 5.84 Å². The Hall–Kier alpha value is -1.98. The topological polar surface area (TPSA) is 60.2 Å². The molecule has 0 aliphatic heterocycles. The van der Waals surface area contributed by atoms with Gasteiger partial charge in [-0.3, -0.25) is 10.8 Å². The molecule has 0 spiro atoms. The highest BCUT2D eigenvalue weighted by molar-refractivity contribution is 5.40. The van der Waals surface area contributed by atoms with E-state index in [4.69, 9.17) is 10.6 Å². The predicted molar refractivity (Wildman–Crippen MR) is 71.0 cm³/mol. The third-order valence-electron chi connectivity index (χ3n) is 2.76. The molecule has 0 amide bonds. The number of hydrogen-bond donors (Lipinski definition) is 2. The monoisotopic (exact) mass is 261 g/mol. The first kappa shape index (κ1) is 13.5. The van der Waals surface area contributed by atoms with E-state index < -0.39 is 5.82 Å². The van der Waals surface area contributed by atoms with Gasteiger partial charge < -0.3 is 4.74 Å². The van der Waals surface area contributed by atoms with Crippen LogP contribution in [0.3, 0.4) is 0 Å². The average molecular weight is 261 g/mol. The van der Waals surface area contributed by atoms with Crippen molar-refractivity contribution in [2.45, 2.75) is 13.0 Å². The molecule has 5 heteroatoms. The molecule has 4 nitrogen and oxygen atoms in total. The summed E-state index contributed by atoms with van der Waals surface area (Å²) < 4.78 is 18.8. The zero-order valence-corrected chi connectivity index (χ0v) is 10.6. The molecule has 3 N–H and O–H groups in total. The summed E-state index contributed by atoms with van der Waals surface area (Å²) in [5, 5.41) is 0. The van der Waals surface area contributed by atoms with E-state index in [1.807, 2.05) is 31.2 Å². The maximum Gasteiger partial charge on any atom is 0.141 e. The number of ether oxygens (including phenoxy) is 1. The smallest absolute Gasteiger partial charge is 0.141 e. The number of rotatable bonds is 5. The molecule has 2 aromatic rings. The van der Waals surface area contributed by atoms with Gasteiger partial charge in [-0.05, 0) is 24.6 Å². The number of nitrogens with one attached hydrogen (secondary N) is 1. The highest BCUT2D eigenvalue weighted by Crippen LogP contribution is 2.29. The maximum absolute atomic E-state index is 13.3. The summed E-state index contributed by atoms with van der Waals surface area (Å²) >= 11 is 0. The summed E-state index contributed by atoms with van der Waals surface area (Å²) in [5.41, 5.74) is 4.17. The molecule has 0 fully saturated rings. The fraction of sp³-hybridized carbons (Fsp3) is 0.214. The van der Waals surface area contributed by atoms with E-state index in [1.54, 1.807) is 6.20 Å². The highest BCUT2D eigenvalue weighted by atomic mass is 19.1. The number of benzene rings is 1. The minimum absolute atomic E-state index is 0.369. The molecule has 100 valence electrons. The van der Waals surface area contributed by atoms with Gasteiger partial charge in [0.15, 0.2) is 0 Å². The first-order chi connectivity index (χ1) is 9.26. The van der Waals surface area contributed by atoms with E-state index in [0.29, 0.717) is 12.2 Å². The van der Waals surface area contributed by atoms with Gasteiger partial charge in [0.05, 0.1) is 18.8 Å². The van der Waals surface area contributed by atoms with Crippen molar-refractivity contribution in [1.29, 1.82) is 0 Å². The Labute approximate surface area is 111 Å². The van der Waals surface area contributed by atoms with E-state index in [1.165, 1.54) is 6.07 Å². The Morgan fingerprint density at radius 2 is 2.16 bits per heavy atom. The third kappa shape index (κ3) is 3.07. The molecule has 0 bridgehead atoms. The van der Waals surface area contributed by atoms with Crippen molar-refractivity contribution >= 4 is 0 Å². The zero-order valence-electron chi connectivity index (χ0n) is 10.6. The summed E-state index contributed by atoms with van der Waals surface area (Å²) in [4.78, 5) is 3.84. The van der Waals surface area contributed by atoms with Crippen molar-refractivity contribution < 1.29 is 9.13 Å². The highest BCUT2D eigenvalue weighted by Gasteiger charge is 2.17. The van der Waals surface area contributed by atoms with Gasteiger partial charge in [-0.1, -0.05) is 18.2 Å². The number of pyridine rings is 1. The number of halogens is 1. The van der Waals surface area contributed by atoms with E-state index in [0.717, 1.165) is 17.5 Å². The second-order valence-electron chi connectivity index (χ2n) is 4.01. The number of aromatic nitrogens is 1. The lowest BCUT2D eigenvalue weighted by atomic mass is 10.00. The van der Waals surface area contributed by atoms with Crippen LogP contribution in [0.15, 0.2) is 42.7 Å². The van der Waals surface area contributed by atoms with Gasteiger partial charge in [-0.2, -0.15) is 0 Å². The van der Waals surface area contributed by atoms with Gasteiger partial charge in [0, 0.05) is 11.8 Å². The predicted octanol–water partition coefficient (Wildman–Crippen LogP) is 2.17. The number of nitrogens with two attached hydrogens (primary N) is 1. The lowest BCUT2D eigenvalue weighted by Gasteiger charge is -2.19. The molecular weight excluding hydrogens is 245 g/mol. The lowest BCUT2D eigenvalue weighted by Crippen LogP contribution is -2.29. The summed E-state index contributed by atoms with van der Waals surface area (Å²) in [6.45, 7) is 2.46. The molecule has 0 saturated carbocycles. The Kier molecular flexibility index (Phi) is 4.43. The summed E-state index contributed by atoms with van der Waals surface area (Å²) in [6, 6.07) is 8.54. The maximum atomic E-state index is 13.3. The average Bonchev–Trinajstić information content (AvgIpc) is 2.42. The number of nitrogens with zero attached hydrogens (tertiary/aromatic N) is 1. The summed E-state index contributed by atoms with van der Waals surface area (Å²) in [7, 11) is 0. The van der Waals surface area contributed by atoms with Gasteiger partial charge in [0.1, 0.15) is 11.6 Å². The van der Waals surface area contributed by atoms with Crippen LogP contribution in [0.4, 0.5) is 4.39 Å². The molecule has 0 aliphatic rings. The van der Waals surface area contributed by atoms with Crippen LogP contribution in [-0.2, 0) is 0 Å². The van der Waals surface area contributed by atoms with Crippen LogP contribution in [-0.4, -0.2) is 11.6 Å². The van der Waals surface area contributed by atoms with Crippen LogP contribution in [0.5, 0.6) is 5.75 Å². The van der Waals surface area contributed by atoms with E-state index >= 15 is 0 Å². The van der Waals surface area contributed by atoms with Crippen LogP contribution in [0.25, 0.3) is 0 Å². The van der Waals surface area contributed by atoms with Crippen molar-refractivity contribution in [3.63, 3.8) is 0 Å². The molecule has 2 rings (SSSR count). The van der Waals surface area contributed by atoms with E-state index in [-0.39, 0.29) is 6.04 Å². The number of hydrogen-bond acceptors (Lipinski definition) is 4. The zero-order chi connectivity index (χ0) is 13.7. The fourth-order valence-electron chi connectivity index (χ4n) is 1.96. The van der Waals surface area contributed by atoms with Crippen LogP contribution >= 0.6 is 0 Å². The molecule has 1 unspecified atom stereocenters. The van der Waals surface area contributed by atoms with Gasteiger partial charge >= 0.3 is 0 Å². The van der Waals surface area contributed by atoms with Crippen molar-refractivity contribution in [3.05, 3.63) is 59.7 Å². The first-order valence-electron chi connectivity index (χ1n) is 6.04. The molecule has 0 radical (unpaired) electrons. The molecular formula is C14H16FN3O. The largest absolute Gasteiger partial charge is 0.494 e. The van der Waals surface area contributed by atoms with Crippen molar-refractivity contribution in [2.75, 3.05) is 6.61 Å². The van der Waals surface area contributed by atoms with Crippen LogP contribution < -0.4 is 16.0 Å². The SMILES string of the molecule is CCOc1ccccc1C(NN)c1cncc(F)c1. The Bertz CT molecular complexity index is 548. The molecule has 1 atom stereocenters. The Morgan fingerprint density at radius 3 is 2.84 bits per heavy atom. The number of para-hydroxylation sites is 1. The number of hydrazine groups is 1. The fourth-order valence-corrected chi connectivity index (χ4v) is 1.96. The summed E-state index contributed by atoms with van der Waals surface area (Å²) in [6.07, 6.45) is 2.74. The van der Waals surface area contributed by atoms with Gasteiger partial charge in [-0.15, -0.1) is 0 Å². The first-order valence-corrected chi connectivity index (χ1v) is 6.04. The van der Waals surface area contributed by atoms with Crippen LogP contribution in [0.2, 0.25) is 0 Å². The lowest BCUT2D eigenvalue weighted by molar-refractivity contribution is 0.333. The normalized spacial score (nSPS) is 12.2. The van der Waals surface area contributed by atoms with Crippen molar-refractivity contribution in [1.82, 2.24) is 10.4 Å². The quantitative estimate of drug-likeness (QED) is 0.639. The summed E-state index contributed by atoms with van der Waals surface area (Å²) in [5.74, 6) is 5.92. The Morgan fingerprint density at radius 1 is 1.37 bits per heavy atom. The molecule has 1 aromatic heterocycles. The molecule has 19 heavy (non-hydrogen) atoms. The van der Waals surface area contributed by atoms with Crippen molar-refractivity contribution in [3.8, 4) is 5.75 Å². The van der Waals surface area contributed by atoms with Gasteiger partial charge in [-0.25, -0.2) is 9.82 Å². The second kappa shape index (κ2) is 6.26. The minimum Gasteiger partial charge on any atom is -0.494 e. The van der Waals surface area contributed by atoms with Gasteiger partial charge in [0.2, 0.25) is 0 Å². The molecule has 0 saturated heterocycles. The minimum atomic E-state index is -0.397. The van der Waals surface area contributed by atoms with E-state index in [9.17, 15) is 4.39 Å². The molecule has 1 aromatic carbocycles. The standard InChI is InChI=1S/C14H16FN3O/c1-2-19-13-6-4-3-5-12(13)14(18-16)10-7-11(15)9-17-8-10/h3-9,14,18H,2,16H2,1H3. The van der Waals surface area contributed by atoms with Gasteiger partial charge in [0.25, 0.3) is 0 Å². The Balaban J connectivity index is 2.42. The van der Waals surface area contributed by atoms with E-state index in [2.05, 4.69) is 10.4 Å².